The third-order valence-corrected chi connectivity index (χ3v) is 2.51. The van der Waals surface area contributed by atoms with Gasteiger partial charge in [-0.2, -0.15) is 0 Å². The largest absolute Gasteiger partial charge is 0.461 e. The molecule has 74 valence electrons. The summed E-state index contributed by atoms with van der Waals surface area (Å²) in [5.41, 5.74) is 2.50. The second kappa shape index (κ2) is 2.88. The maximum atomic E-state index is 5.60. The molecule has 0 saturated carbocycles. The molecule has 0 unspecified atom stereocenters. The molecule has 0 aliphatic rings. The molecule has 0 aliphatic heterocycles. The monoisotopic (exact) mass is 188 g/mol. The molecule has 0 radical (unpaired) electrons. The predicted octanol–water partition coefficient (Wildman–Crippen LogP) is 4.04. The van der Waals surface area contributed by atoms with Crippen LogP contribution in [0.3, 0.4) is 0 Å². The molecule has 1 aromatic carbocycles. The summed E-state index contributed by atoms with van der Waals surface area (Å²) in [6.45, 7) is 8.62. The average molecular weight is 188 g/mol. The molecule has 0 aliphatic carbocycles. The Kier molecular flexibility index (Phi) is 1.91. The van der Waals surface area contributed by atoms with Gasteiger partial charge >= 0.3 is 0 Å². The van der Waals surface area contributed by atoms with Crippen LogP contribution >= 0.6 is 0 Å². The van der Waals surface area contributed by atoms with Crippen LogP contribution in [0.1, 0.15) is 32.1 Å². The molecule has 0 N–H and O–H groups in total. The van der Waals surface area contributed by atoms with Crippen LogP contribution in [-0.4, -0.2) is 0 Å². The number of furan rings is 1. The van der Waals surface area contributed by atoms with Gasteiger partial charge in [-0.05, 0) is 30.0 Å². The number of aryl methyl sites for hydroxylation is 1. The Bertz CT molecular complexity index is 458. The van der Waals surface area contributed by atoms with Gasteiger partial charge < -0.3 is 4.42 Å². The van der Waals surface area contributed by atoms with Crippen molar-refractivity contribution in [3.05, 3.63) is 35.6 Å². The maximum Gasteiger partial charge on any atom is 0.134 e. The van der Waals surface area contributed by atoms with Crippen molar-refractivity contribution in [3.8, 4) is 0 Å². The van der Waals surface area contributed by atoms with E-state index in [2.05, 4.69) is 45.0 Å². The molecule has 1 aromatic heterocycles. The maximum absolute atomic E-state index is 5.60. The Morgan fingerprint density at radius 2 is 1.79 bits per heavy atom. The summed E-state index contributed by atoms with van der Waals surface area (Å²) in [7, 11) is 0. The number of benzene rings is 1. The Balaban J connectivity index is 2.62. The molecule has 0 fully saturated rings. The Labute approximate surface area is 84.7 Å². The van der Waals surface area contributed by atoms with Crippen LogP contribution in [0.4, 0.5) is 0 Å². The molecule has 1 nitrogen and oxygen atoms in total. The van der Waals surface area contributed by atoms with Gasteiger partial charge in [0.05, 0.1) is 0 Å². The zero-order chi connectivity index (χ0) is 10.3. The fraction of sp³-hybridized carbons (Fsp3) is 0.385. The summed E-state index contributed by atoms with van der Waals surface area (Å²) in [5, 5.41) is 1.19. The van der Waals surface area contributed by atoms with Crippen molar-refractivity contribution in [1.82, 2.24) is 0 Å². The van der Waals surface area contributed by atoms with E-state index >= 15 is 0 Å². The Morgan fingerprint density at radius 1 is 1.07 bits per heavy atom. The molecule has 1 heterocycles. The molecular weight excluding hydrogens is 172 g/mol. The van der Waals surface area contributed by atoms with Crippen molar-refractivity contribution in [1.29, 1.82) is 0 Å². The van der Waals surface area contributed by atoms with Gasteiger partial charge in [-0.1, -0.05) is 32.9 Å². The molecular formula is C13H16O. The highest BCUT2D eigenvalue weighted by molar-refractivity contribution is 5.78. The van der Waals surface area contributed by atoms with E-state index in [-0.39, 0.29) is 5.41 Å². The number of hydrogen-bond donors (Lipinski definition) is 0. The van der Waals surface area contributed by atoms with Crippen LogP contribution in [0.2, 0.25) is 0 Å². The van der Waals surface area contributed by atoms with E-state index in [1.54, 1.807) is 0 Å². The number of fused-ring (bicyclic) bond motifs is 1. The second-order valence-corrected chi connectivity index (χ2v) is 4.86. The van der Waals surface area contributed by atoms with Gasteiger partial charge in [0.25, 0.3) is 0 Å². The molecule has 1 heteroatoms. The van der Waals surface area contributed by atoms with E-state index in [4.69, 9.17) is 4.42 Å². The lowest BCUT2D eigenvalue weighted by Gasteiger charge is -2.18. The van der Waals surface area contributed by atoms with Gasteiger partial charge in [0.2, 0.25) is 0 Å². The smallest absolute Gasteiger partial charge is 0.134 e. The normalized spacial score (nSPS) is 12.3. The highest BCUT2D eigenvalue weighted by Gasteiger charge is 2.14. The van der Waals surface area contributed by atoms with E-state index in [9.17, 15) is 0 Å². The fourth-order valence-electron chi connectivity index (χ4n) is 1.63. The lowest BCUT2D eigenvalue weighted by molar-refractivity contribution is 0.568. The summed E-state index contributed by atoms with van der Waals surface area (Å²) in [5.74, 6) is 0.978. The second-order valence-electron chi connectivity index (χ2n) is 4.86. The van der Waals surface area contributed by atoms with Crippen LogP contribution in [0.5, 0.6) is 0 Å². The first-order valence-corrected chi connectivity index (χ1v) is 4.97. The van der Waals surface area contributed by atoms with Crippen LogP contribution < -0.4 is 0 Å². The highest BCUT2D eigenvalue weighted by Crippen LogP contribution is 2.27. The standard InChI is InChI=1S/C13H16O/c1-9-7-10-5-6-11(13(2,3)4)8-12(10)14-9/h5-8H,1-4H3. The highest BCUT2D eigenvalue weighted by atomic mass is 16.3. The minimum Gasteiger partial charge on any atom is -0.461 e. The zero-order valence-corrected chi connectivity index (χ0v) is 9.22. The van der Waals surface area contributed by atoms with Crippen LogP contribution in [0.25, 0.3) is 11.0 Å². The van der Waals surface area contributed by atoms with E-state index in [1.165, 1.54) is 10.9 Å². The average Bonchev–Trinajstić information content (AvgIpc) is 2.41. The Morgan fingerprint density at radius 3 is 2.43 bits per heavy atom. The van der Waals surface area contributed by atoms with E-state index in [0.717, 1.165) is 11.3 Å². The zero-order valence-electron chi connectivity index (χ0n) is 9.22. The lowest BCUT2D eigenvalue weighted by atomic mass is 9.87. The minimum atomic E-state index is 0.189. The van der Waals surface area contributed by atoms with Gasteiger partial charge in [0.1, 0.15) is 11.3 Å². The molecule has 0 atom stereocenters. The topological polar surface area (TPSA) is 13.1 Å². The third kappa shape index (κ3) is 1.54. The van der Waals surface area contributed by atoms with E-state index < -0.39 is 0 Å². The number of rotatable bonds is 0. The molecule has 0 bridgehead atoms. The first-order chi connectivity index (χ1) is 6.47. The van der Waals surface area contributed by atoms with Crippen molar-refractivity contribution >= 4 is 11.0 Å². The molecule has 0 saturated heterocycles. The van der Waals surface area contributed by atoms with Gasteiger partial charge in [0, 0.05) is 5.39 Å². The summed E-state index contributed by atoms with van der Waals surface area (Å²) in [4.78, 5) is 0. The summed E-state index contributed by atoms with van der Waals surface area (Å²) >= 11 is 0. The summed E-state index contributed by atoms with van der Waals surface area (Å²) < 4.78 is 5.60. The van der Waals surface area contributed by atoms with Crippen LogP contribution in [0.15, 0.2) is 28.7 Å². The van der Waals surface area contributed by atoms with Crippen molar-refractivity contribution in [2.24, 2.45) is 0 Å². The van der Waals surface area contributed by atoms with Gasteiger partial charge in [-0.3, -0.25) is 0 Å². The Hall–Kier alpha value is -1.24. The number of hydrogen-bond acceptors (Lipinski definition) is 1. The minimum absolute atomic E-state index is 0.189. The van der Waals surface area contributed by atoms with Crippen LogP contribution in [0, 0.1) is 6.92 Å². The first kappa shape index (κ1) is 9.32. The molecule has 2 aromatic rings. The summed E-state index contributed by atoms with van der Waals surface area (Å²) in [6, 6.07) is 8.52. The molecule has 2 rings (SSSR count). The molecule has 0 amide bonds. The quantitative estimate of drug-likeness (QED) is 0.608. The van der Waals surface area contributed by atoms with Crippen molar-refractivity contribution in [2.75, 3.05) is 0 Å². The van der Waals surface area contributed by atoms with E-state index in [0.29, 0.717) is 0 Å². The van der Waals surface area contributed by atoms with Gasteiger partial charge in [-0.25, -0.2) is 0 Å². The first-order valence-electron chi connectivity index (χ1n) is 4.97. The van der Waals surface area contributed by atoms with E-state index in [1.807, 2.05) is 6.92 Å². The third-order valence-electron chi connectivity index (χ3n) is 2.51. The molecule has 0 spiro atoms. The predicted molar refractivity (Wildman–Crippen MR) is 59.7 cm³/mol. The molecule has 14 heavy (non-hydrogen) atoms. The van der Waals surface area contributed by atoms with Crippen LogP contribution in [-0.2, 0) is 5.41 Å². The van der Waals surface area contributed by atoms with Crippen molar-refractivity contribution in [2.45, 2.75) is 33.1 Å². The summed E-state index contributed by atoms with van der Waals surface area (Å²) in [6.07, 6.45) is 0. The lowest BCUT2D eigenvalue weighted by Crippen LogP contribution is -2.10. The fourth-order valence-corrected chi connectivity index (χ4v) is 1.63. The van der Waals surface area contributed by atoms with Crippen molar-refractivity contribution < 1.29 is 4.42 Å². The van der Waals surface area contributed by atoms with Crippen molar-refractivity contribution in [3.63, 3.8) is 0 Å². The SMILES string of the molecule is Cc1cc2ccc(C(C)(C)C)cc2o1. The van der Waals surface area contributed by atoms with Gasteiger partial charge in [-0.15, -0.1) is 0 Å². The van der Waals surface area contributed by atoms with Gasteiger partial charge in [0.15, 0.2) is 0 Å².